The summed E-state index contributed by atoms with van der Waals surface area (Å²) in [5, 5.41) is 0. The van der Waals surface area contributed by atoms with E-state index in [1.54, 1.807) is 0 Å². The van der Waals surface area contributed by atoms with E-state index in [2.05, 4.69) is 51.3 Å². The molecule has 0 radical (unpaired) electrons. The summed E-state index contributed by atoms with van der Waals surface area (Å²) in [6.07, 6.45) is 5.00. The normalized spacial score (nSPS) is 23.5. The van der Waals surface area contributed by atoms with Crippen molar-refractivity contribution in [2.75, 3.05) is 0 Å². The number of nitrogens with two attached hydrogens (primary N) is 1. The highest BCUT2D eigenvalue weighted by Gasteiger charge is 2.39. The molecule has 1 aliphatic rings. The molecule has 2 unspecified atom stereocenters. The van der Waals surface area contributed by atoms with E-state index in [0.29, 0.717) is 17.4 Å². The minimum absolute atomic E-state index is 0.387. The van der Waals surface area contributed by atoms with Gasteiger partial charge in [-0.1, -0.05) is 44.0 Å². The van der Waals surface area contributed by atoms with Gasteiger partial charge >= 0.3 is 0 Å². The van der Waals surface area contributed by atoms with E-state index < -0.39 is 0 Å². The van der Waals surface area contributed by atoms with Crippen molar-refractivity contribution in [3.8, 4) is 0 Å². The standard InChI is InChI=1S/C17H28N2/c1-12-7-8-13(2)14(10-12)11-16(19-18)15-6-5-9-17(15,3)4/h7-8,10,15-16,19H,5-6,9,11,18H2,1-4H3. The number of aryl methyl sites for hydroxylation is 2. The highest BCUT2D eigenvalue weighted by atomic mass is 15.2. The molecule has 1 aromatic rings. The molecule has 1 aliphatic carbocycles. The Kier molecular flexibility index (Phi) is 4.32. The molecule has 3 N–H and O–H groups in total. The molecule has 1 aromatic carbocycles. The minimum atomic E-state index is 0.387. The SMILES string of the molecule is Cc1ccc(C)c(CC(NN)C2CCCC2(C)C)c1. The lowest BCUT2D eigenvalue weighted by atomic mass is 9.76. The van der Waals surface area contributed by atoms with Gasteiger partial charge in [-0.2, -0.15) is 0 Å². The zero-order valence-corrected chi connectivity index (χ0v) is 12.8. The molecule has 0 aliphatic heterocycles. The van der Waals surface area contributed by atoms with E-state index in [-0.39, 0.29) is 0 Å². The summed E-state index contributed by atoms with van der Waals surface area (Å²) in [4.78, 5) is 0. The average molecular weight is 260 g/mol. The van der Waals surface area contributed by atoms with E-state index in [0.717, 1.165) is 6.42 Å². The topological polar surface area (TPSA) is 38.0 Å². The molecule has 1 fully saturated rings. The van der Waals surface area contributed by atoms with Crippen LogP contribution in [-0.4, -0.2) is 6.04 Å². The first-order chi connectivity index (χ1) is 8.94. The summed E-state index contributed by atoms with van der Waals surface area (Å²) in [5.41, 5.74) is 7.65. The van der Waals surface area contributed by atoms with E-state index in [9.17, 15) is 0 Å². The second kappa shape index (κ2) is 5.64. The first-order valence-electron chi connectivity index (χ1n) is 7.46. The summed E-state index contributed by atoms with van der Waals surface area (Å²) in [7, 11) is 0. The van der Waals surface area contributed by atoms with Crippen LogP contribution in [0.3, 0.4) is 0 Å². The number of nitrogens with one attached hydrogen (secondary N) is 1. The summed E-state index contributed by atoms with van der Waals surface area (Å²) in [5.74, 6) is 6.54. The maximum atomic E-state index is 5.86. The second-order valence-corrected chi connectivity index (χ2v) is 6.89. The van der Waals surface area contributed by atoms with Gasteiger partial charge in [0.15, 0.2) is 0 Å². The zero-order valence-electron chi connectivity index (χ0n) is 12.8. The van der Waals surface area contributed by atoms with Crippen molar-refractivity contribution in [2.24, 2.45) is 17.2 Å². The Hall–Kier alpha value is -0.860. The number of rotatable bonds is 4. The Bertz CT molecular complexity index is 437. The molecular formula is C17H28N2. The third-order valence-electron chi connectivity index (χ3n) is 4.98. The molecule has 0 heterocycles. The molecular weight excluding hydrogens is 232 g/mol. The van der Waals surface area contributed by atoms with E-state index in [4.69, 9.17) is 5.84 Å². The molecule has 1 saturated carbocycles. The summed E-state index contributed by atoms with van der Waals surface area (Å²) in [6, 6.07) is 7.10. The molecule has 106 valence electrons. The summed E-state index contributed by atoms with van der Waals surface area (Å²) < 4.78 is 0. The van der Waals surface area contributed by atoms with Crippen LogP contribution < -0.4 is 11.3 Å². The predicted octanol–water partition coefficient (Wildman–Crippen LogP) is 3.50. The van der Waals surface area contributed by atoms with Crippen molar-refractivity contribution in [2.45, 2.75) is 59.4 Å². The van der Waals surface area contributed by atoms with Gasteiger partial charge < -0.3 is 0 Å². The third kappa shape index (κ3) is 3.18. The summed E-state index contributed by atoms with van der Waals surface area (Å²) >= 11 is 0. The lowest BCUT2D eigenvalue weighted by molar-refractivity contribution is 0.196. The fraction of sp³-hybridized carbons (Fsp3) is 0.647. The van der Waals surface area contributed by atoms with Crippen LogP contribution >= 0.6 is 0 Å². The van der Waals surface area contributed by atoms with Crippen LogP contribution in [0.2, 0.25) is 0 Å². The van der Waals surface area contributed by atoms with Crippen LogP contribution in [-0.2, 0) is 6.42 Å². The average Bonchev–Trinajstić information content (AvgIpc) is 2.70. The van der Waals surface area contributed by atoms with Gasteiger partial charge in [-0.3, -0.25) is 11.3 Å². The van der Waals surface area contributed by atoms with Crippen molar-refractivity contribution in [3.63, 3.8) is 0 Å². The predicted molar refractivity (Wildman–Crippen MR) is 81.9 cm³/mol. The Morgan fingerprint density at radius 2 is 2.11 bits per heavy atom. The Balaban J connectivity index is 2.17. The third-order valence-corrected chi connectivity index (χ3v) is 4.98. The zero-order chi connectivity index (χ0) is 14.0. The molecule has 2 nitrogen and oxygen atoms in total. The molecule has 2 heteroatoms. The number of hydrogen-bond donors (Lipinski definition) is 2. The lowest BCUT2D eigenvalue weighted by Gasteiger charge is -2.34. The maximum Gasteiger partial charge on any atom is 0.0284 e. The van der Waals surface area contributed by atoms with Crippen LogP contribution in [0, 0.1) is 25.2 Å². The van der Waals surface area contributed by atoms with Gasteiger partial charge in [-0.25, -0.2) is 0 Å². The van der Waals surface area contributed by atoms with Crippen LogP contribution in [0.25, 0.3) is 0 Å². The number of hydrazine groups is 1. The molecule has 0 amide bonds. The molecule has 2 rings (SSSR count). The largest absolute Gasteiger partial charge is 0.271 e. The van der Waals surface area contributed by atoms with Gasteiger partial charge in [0, 0.05) is 6.04 Å². The van der Waals surface area contributed by atoms with Crippen molar-refractivity contribution >= 4 is 0 Å². The smallest absolute Gasteiger partial charge is 0.0284 e. The van der Waals surface area contributed by atoms with E-state index >= 15 is 0 Å². The molecule has 0 aromatic heterocycles. The highest BCUT2D eigenvalue weighted by Crippen LogP contribution is 2.44. The first kappa shape index (κ1) is 14.5. The summed E-state index contributed by atoms with van der Waals surface area (Å²) in [6.45, 7) is 9.13. The fourth-order valence-electron chi connectivity index (χ4n) is 3.67. The highest BCUT2D eigenvalue weighted by molar-refractivity contribution is 5.31. The number of hydrogen-bond acceptors (Lipinski definition) is 2. The van der Waals surface area contributed by atoms with Crippen LogP contribution in [0.5, 0.6) is 0 Å². The van der Waals surface area contributed by atoms with Gasteiger partial charge in [-0.15, -0.1) is 0 Å². The Morgan fingerprint density at radius 1 is 1.37 bits per heavy atom. The van der Waals surface area contributed by atoms with Crippen LogP contribution in [0.4, 0.5) is 0 Å². The van der Waals surface area contributed by atoms with Gasteiger partial charge in [0.1, 0.15) is 0 Å². The van der Waals surface area contributed by atoms with E-state index in [1.165, 1.54) is 36.0 Å². The molecule has 0 saturated heterocycles. The number of benzene rings is 1. The molecule has 0 spiro atoms. The first-order valence-corrected chi connectivity index (χ1v) is 7.46. The quantitative estimate of drug-likeness (QED) is 0.642. The van der Waals surface area contributed by atoms with Crippen LogP contribution in [0.15, 0.2) is 18.2 Å². The Morgan fingerprint density at radius 3 is 2.68 bits per heavy atom. The molecule has 0 bridgehead atoms. The van der Waals surface area contributed by atoms with Gasteiger partial charge in [0.2, 0.25) is 0 Å². The van der Waals surface area contributed by atoms with Crippen molar-refractivity contribution in [1.82, 2.24) is 5.43 Å². The van der Waals surface area contributed by atoms with Crippen molar-refractivity contribution < 1.29 is 0 Å². The van der Waals surface area contributed by atoms with E-state index in [1.807, 2.05) is 0 Å². The second-order valence-electron chi connectivity index (χ2n) is 6.89. The van der Waals surface area contributed by atoms with Gasteiger partial charge in [0.05, 0.1) is 0 Å². The van der Waals surface area contributed by atoms with Gasteiger partial charge in [-0.05, 0) is 55.6 Å². The van der Waals surface area contributed by atoms with Crippen molar-refractivity contribution in [3.05, 3.63) is 34.9 Å². The molecule has 2 atom stereocenters. The monoisotopic (exact) mass is 260 g/mol. The van der Waals surface area contributed by atoms with Gasteiger partial charge in [0.25, 0.3) is 0 Å². The van der Waals surface area contributed by atoms with Crippen molar-refractivity contribution in [1.29, 1.82) is 0 Å². The maximum absolute atomic E-state index is 5.86. The molecule has 19 heavy (non-hydrogen) atoms. The Labute approximate surface area is 117 Å². The van der Waals surface area contributed by atoms with Crippen LogP contribution in [0.1, 0.15) is 49.8 Å². The lowest BCUT2D eigenvalue weighted by Crippen LogP contribution is -2.45. The fourth-order valence-corrected chi connectivity index (χ4v) is 3.67. The minimum Gasteiger partial charge on any atom is -0.271 e.